The lowest BCUT2D eigenvalue weighted by molar-refractivity contribution is -0.119. The molecule has 0 aromatic heterocycles. The molecule has 1 aliphatic rings. The molecular weight excluding hydrogens is 176 g/mol. The molecule has 1 saturated carbocycles. The third-order valence-corrected chi connectivity index (χ3v) is 3.65. The van der Waals surface area contributed by atoms with Crippen LogP contribution in [0.5, 0.6) is 0 Å². The molecule has 0 aliphatic heterocycles. The highest BCUT2D eigenvalue weighted by Crippen LogP contribution is 2.39. The second-order valence-electron chi connectivity index (χ2n) is 4.95. The maximum Gasteiger partial charge on any atom is 0.106 e. The summed E-state index contributed by atoms with van der Waals surface area (Å²) in [5.74, 6) is 1.36. The fourth-order valence-corrected chi connectivity index (χ4v) is 2.38. The predicted molar refractivity (Wildman–Crippen MR) is 56.7 cm³/mol. The zero-order valence-electron chi connectivity index (χ0n) is 9.71. The van der Waals surface area contributed by atoms with Gasteiger partial charge in [-0.3, -0.25) is 0 Å². The van der Waals surface area contributed by atoms with Crippen LogP contribution in [0.4, 0.5) is 0 Å². The SMILES string of the molecule is CC1CCC(OCC[O])(C(C)C)CC1. The highest BCUT2D eigenvalue weighted by molar-refractivity contribution is 4.89. The lowest BCUT2D eigenvalue weighted by atomic mass is 9.73. The second kappa shape index (κ2) is 5.13. The average Bonchev–Trinajstić information content (AvgIpc) is 2.17. The van der Waals surface area contributed by atoms with E-state index in [-0.39, 0.29) is 12.2 Å². The van der Waals surface area contributed by atoms with Crippen molar-refractivity contribution >= 4 is 0 Å². The Labute approximate surface area is 87.7 Å². The summed E-state index contributed by atoms with van der Waals surface area (Å²) < 4.78 is 5.82. The summed E-state index contributed by atoms with van der Waals surface area (Å²) in [5, 5.41) is 10.5. The summed E-state index contributed by atoms with van der Waals surface area (Å²) in [6.45, 7) is 7.00. The molecule has 14 heavy (non-hydrogen) atoms. The lowest BCUT2D eigenvalue weighted by Crippen LogP contribution is -2.42. The van der Waals surface area contributed by atoms with Gasteiger partial charge in [-0.1, -0.05) is 20.8 Å². The standard InChI is InChI=1S/C12H23O2/c1-10(2)12(14-9-8-13)6-4-11(3)5-7-12/h10-11H,4-9H2,1-3H3. The van der Waals surface area contributed by atoms with Crippen molar-refractivity contribution < 1.29 is 9.84 Å². The van der Waals surface area contributed by atoms with Crippen molar-refractivity contribution in [1.82, 2.24) is 0 Å². The Balaban J connectivity index is 2.54. The van der Waals surface area contributed by atoms with Crippen LogP contribution in [0, 0.1) is 11.8 Å². The van der Waals surface area contributed by atoms with E-state index in [1.54, 1.807) is 0 Å². The molecule has 1 radical (unpaired) electrons. The van der Waals surface area contributed by atoms with E-state index in [1.807, 2.05) is 0 Å². The van der Waals surface area contributed by atoms with E-state index in [2.05, 4.69) is 20.8 Å². The highest BCUT2D eigenvalue weighted by Gasteiger charge is 2.37. The molecule has 0 saturated heterocycles. The van der Waals surface area contributed by atoms with Crippen LogP contribution in [0.15, 0.2) is 0 Å². The Morgan fingerprint density at radius 3 is 2.36 bits per heavy atom. The minimum Gasteiger partial charge on any atom is -0.372 e. The van der Waals surface area contributed by atoms with E-state index in [4.69, 9.17) is 4.74 Å². The first-order chi connectivity index (χ1) is 6.60. The van der Waals surface area contributed by atoms with Crippen LogP contribution in [0.25, 0.3) is 0 Å². The van der Waals surface area contributed by atoms with E-state index in [0.717, 1.165) is 18.8 Å². The lowest BCUT2D eigenvalue weighted by Gasteiger charge is -2.42. The molecule has 0 atom stereocenters. The van der Waals surface area contributed by atoms with Gasteiger partial charge in [0, 0.05) is 0 Å². The van der Waals surface area contributed by atoms with Crippen LogP contribution in [-0.2, 0) is 9.84 Å². The van der Waals surface area contributed by atoms with Crippen molar-refractivity contribution in [3.63, 3.8) is 0 Å². The Morgan fingerprint density at radius 1 is 1.36 bits per heavy atom. The Morgan fingerprint density at radius 2 is 1.93 bits per heavy atom. The van der Waals surface area contributed by atoms with Crippen molar-refractivity contribution in [1.29, 1.82) is 0 Å². The third kappa shape index (κ3) is 2.71. The van der Waals surface area contributed by atoms with Gasteiger partial charge in [-0.15, -0.1) is 0 Å². The number of rotatable bonds is 4. The van der Waals surface area contributed by atoms with Crippen LogP contribution >= 0.6 is 0 Å². The van der Waals surface area contributed by atoms with Crippen LogP contribution in [0.1, 0.15) is 46.5 Å². The van der Waals surface area contributed by atoms with Crippen molar-refractivity contribution in [2.24, 2.45) is 11.8 Å². The minimum absolute atomic E-state index is 0.0108. The normalized spacial score (nSPS) is 33.6. The summed E-state index contributed by atoms with van der Waals surface area (Å²) in [5.41, 5.74) is 0.0108. The topological polar surface area (TPSA) is 29.1 Å². The summed E-state index contributed by atoms with van der Waals surface area (Å²) in [6, 6.07) is 0. The number of hydrogen-bond acceptors (Lipinski definition) is 1. The van der Waals surface area contributed by atoms with Crippen molar-refractivity contribution in [2.75, 3.05) is 13.2 Å². The largest absolute Gasteiger partial charge is 0.372 e. The second-order valence-corrected chi connectivity index (χ2v) is 4.95. The van der Waals surface area contributed by atoms with E-state index in [9.17, 15) is 5.11 Å². The zero-order valence-corrected chi connectivity index (χ0v) is 9.71. The summed E-state index contributed by atoms with van der Waals surface area (Å²) in [7, 11) is 0. The number of hydrogen-bond donors (Lipinski definition) is 0. The van der Waals surface area contributed by atoms with E-state index >= 15 is 0 Å². The molecule has 0 aromatic rings. The van der Waals surface area contributed by atoms with Crippen molar-refractivity contribution in [2.45, 2.75) is 52.1 Å². The molecule has 0 heterocycles. The van der Waals surface area contributed by atoms with Crippen LogP contribution < -0.4 is 0 Å². The average molecular weight is 199 g/mol. The molecule has 1 fully saturated rings. The Bertz CT molecular complexity index is 152. The zero-order chi connectivity index (χ0) is 10.6. The monoisotopic (exact) mass is 199 g/mol. The molecule has 2 heteroatoms. The van der Waals surface area contributed by atoms with Gasteiger partial charge in [0.2, 0.25) is 0 Å². The number of ether oxygens (including phenoxy) is 1. The van der Waals surface area contributed by atoms with E-state index in [1.165, 1.54) is 12.8 Å². The maximum atomic E-state index is 10.5. The fourth-order valence-electron chi connectivity index (χ4n) is 2.38. The summed E-state index contributed by atoms with van der Waals surface area (Å²) >= 11 is 0. The molecule has 0 unspecified atom stereocenters. The molecule has 1 aliphatic carbocycles. The predicted octanol–water partition coefficient (Wildman–Crippen LogP) is 3.04. The van der Waals surface area contributed by atoms with Gasteiger partial charge < -0.3 is 4.74 Å². The maximum absolute atomic E-state index is 10.5. The van der Waals surface area contributed by atoms with E-state index in [0.29, 0.717) is 12.5 Å². The van der Waals surface area contributed by atoms with Crippen LogP contribution in [0.3, 0.4) is 0 Å². The highest BCUT2D eigenvalue weighted by atomic mass is 16.5. The summed E-state index contributed by atoms with van der Waals surface area (Å²) in [4.78, 5) is 0. The van der Waals surface area contributed by atoms with Crippen LogP contribution in [0.2, 0.25) is 0 Å². The summed E-state index contributed by atoms with van der Waals surface area (Å²) in [6.07, 6.45) is 4.76. The van der Waals surface area contributed by atoms with Crippen LogP contribution in [-0.4, -0.2) is 18.8 Å². The van der Waals surface area contributed by atoms with Gasteiger partial charge in [0.25, 0.3) is 0 Å². The molecule has 0 spiro atoms. The van der Waals surface area contributed by atoms with Gasteiger partial charge in [-0.05, 0) is 37.5 Å². The fraction of sp³-hybridized carbons (Fsp3) is 1.00. The van der Waals surface area contributed by atoms with Crippen molar-refractivity contribution in [3.05, 3.63) is 0 Å². The third-order valence-electron chi connectivity index (χ3n) is 3.65. The van der Waals surface area contributed by atoms with Gasteiger partial charge >= 0.3 is 0 Å². The minimum atomic E-state index is -0.107. The molecule has 0 N–H and O–H groups in total. The van der Waals surface area contributed by atoms with Gasteiger partial charge in [0.1, 0.15) is 6.61 Å². The first-order valence-corrected chi connectivity index (χ1v) is 5.83. The first kappa shape index (κ1) is 12.0. The van der Waals surface area contributed by atoms with Gasteiger partial charge in [0.15, 0.2) is 0 Å². The molecule has 83 valence electrons. The molecular formula is C12H23O2. The van der Waals surface area contributed by atoms with Gasteiger partial charge in [0.05, 0.1) is 12.2 Å². The first-order valence-electron chi connectivity index (χ1n) is 5.83. The molecule has 0 aromatic carbocycles. The molecule has 0 amide bonds. The molecule has 0 bridgehead atoms. The van der Waals surface area contributed by atoms with Crippen molar-refractivity contribution in [3.8, 4) is 0 Å². The molecule has 2 nitrogen and oxygen atoms in total. The quantitative estimate of drug-likeness (QED) is 0.684. The smallest absolute Gasteiger partial charge is 0.106 e. The van der Waals surface area contributed by atoms with Gasteiger partial charge in [-0.2, -0.15) is 0 Å². The Hall–Kier alpha value is -0.0800. The van der Waals surface area contributed by atoms with Gasteiger partial charge in [-0.25, -0.2) is 5.11 Å². The van der Waals surface area contributed by atoms with E-state index < -0.39 is 0 Å². The molecule has 1 rings (SSSR count). The Kier molecular flexibility index (Phi) is 4.39.